The lowest BCUT2D eigenvalue weighted by Gasteiger charge is -2.25. The molecule has 0 bridgehead atoms. The van der Waals surface area contributed by atoms with Gasteiger partial charge in [0.2, 0.25) is 0 Å². The fraction of sp³-hybridized carbons (Fsp3) is 0.375. The minimum absolute atomic E-state index is 0.0119. The number of nitrogens with zero attached hydrogens (tertiary/aromatic N) is 1. The van der Waals surface area contributed by atoms with Crippen LogP contribution in [-0.2, 0) is 25.0 Å². The van der Waals surface area contributed by atoms with Gasteiger partial charge in [-0.05, 0) is 31.0 Å². The topological polar surface area (TPSA) is 91.8 Å². The van der Waals surface area contributed by atoms with Crippen LogP contribution in [0.5, 0.6) is 5.75 Å². The molecule has 0 spiro atoms. The normalized spacial score (nSPS) is 26.6. The van der Waals surface area contributed by atoms with E-state index in [0.717, 1.165) is 0 Å². The SMILES string of the molecule is O=c1[nH]c(=S)c(Cl)cn1C1CCC(COP2(=O)OCc3cc(Cl)ccc3O2)O1. The Morgan fingerprint density at radius 3 is 3.00 bits per heavy atom. The third kappa shape index (κ3) is 4.21. The van der Waals surface area contributed by atoms with Gasteiger partial charge in [-0.25, -0.2) is 9.36 Å². The number of nitrogens with one attached hydrogen (secondary N) is 1. The van der Waals surface area contributed by atoms with Crippen molar-refractivity contribution in [2.24, 2.45) is 0 Å². The van der Waals surface area contributed by atoms with Gasteiger partial charge in [-0.2, -0.15) is 0 Å². The molecular formula is C16H15Cl2N2O6PS. The molecule has 0 radical (unpaired) electrons. The zero-order chi connectivity index (χ0) is 19.9. The number of phosphoric acid groups is 1. The summed E-state index contributed by atoms with van der Waals surface area (Å²) in [5.41, 5.74) is 0.278. The molecule has 1 fully saturated rings. The molecule has 28 heavy (non-hydrogen) atoms. The second-order valence-corrected chi connectivity index (χ2v) is 9.14. The third-order valence-corrected chi connectivity index (χ3v) is 6.64. The molecule has 0 amide bonds. The van der Waals surface area contributed by atoms with E-state index in [-0.39, 0.29) is 29.0 Å². The predicted octanol–water partition coefficient (Wildman–Crippen LogP) is 4.62. The number of H-pyrrole nitrogens is 1. The number of aromatic amines is 1. The Hall–Kier alpha value is -1.19. The third-order valence-electron chi connectivity index (χ3n) is 4.35. The van der Waals surface area contributed by atoms with Crippen LogP contribution in [0.25, 0.3) is 0 Å². The summed E-state index contributed by atoms with van der Waals surface area (Å²) in [5.74, 6) is 0.407. The van der Waals surface area contributed by atoms with Gasteiger partial charge in [-0.15, -0.1) is 0 Å². The Balaban J connectivity index is 1.38. The van der Waals surface area contributed by atoms with E-state index < -0.39 is 19.7 Å². The van der Waals surface area contributed by atoms with Gasteiger partial charge in [0.05, 0.1) is 24.3 Å². The zero-order valence-electron chi connectivity index (χ0n) is 14.3. The van der Waals surface area contributed by atoms with E-state index in [9.17, 15) is 9.36 Å². The molecule has 3 atom stereocenters. The average molecular weight is 465 g/mol. The molecule has 1 aromatic carbocycles. The Bertz CT molecular complexity index is 1070. The van der Waals surface area contributed by atoms with Crippen LogP contribution in [0.15, 0.2) is 29.2 Å². The first-order valence-electron chi connectivity index (χ1n) is 8.36. The number of hydrogen-bond acceptors (Lipinski definition) is 7. The molecule has 2 aliphatic heterocycles. The van der Waals surface area contributed by atoms with Crippen molar-refractivity contribution in [3.8, 4) is 5.75 Å². The monoisotopic (exact) mass is 464 g/mol. The molecule has 1 N–H and O–H groups in total. The summed E-state index contributed by atoms with van der Waals surface area (Å²) >= 11 is 16.8. The second-order valence-electron chi connectivity index (χ2n) is 6.29. The Morgan fingerprint density at radius 1 is 1.36 bits per heavy atom. The van der Waals surface area contributed by atoms with E-state index in [4.69, 9.17) is 53.7 Å². The molecule has 8 nitrogen and oxygen atoms in total. The molecule has 0 aliphatic carbocycles. The highest BCUT2D eigenvalue weighted by atomic mass is 35.5. The molecular weight excluding hydrogens is 450 g/mol. The highest BCUT2D eigenvalue weighted by Crippen LogP contribution is 2.55. The van der Waals surface area contributed by atoms with Crippen molar-refractivity contribution in [1.29, 1.82) is 0 Å². The van der Waals surface area contributed by atoms with Gasteiger partial charge in [0.15, 0.2) is 0 Å². The molecule has 150 valence electrons. The first kappa shape index (κ1) is 20.1. The van der Waals surface area contributed by atoms with Gasteiger partial charge >= 0.3 is 13.5 Å². The van der Waals surface area contributed by atoms with Crippen LogP contribution in [0.1, 0.15) is 24.6 Å². The Kier molecular flexibility index (Phi) is 5.68. The maximum atomic E-state index is 12.7. The molecule has 2 aliphatic rings. The number of halogens is 2. The van der Waals surface area contributed by atoms with E-state index in [1.54, 1.807) is 18.2 Å². The molecule has 0 saturated carbocycles. The number of ether oxygens (including phenoxy) is 1. The minimum Gasteiger partial charge on any atom is -0.404 e. The van der Waals surface area contributed by atoms with Crippen LogP contribution in [0.2, 0.25) is 10.0 Å². The minimum atomic E-state index is -3.76. The highest BCUT2D eigenvalue weighted by Gasteiger charge is 2.37. The fourth-order valence-electron chi connectivity index (χ4n) is 2.97. The lowest BCUT2D eigenvalue weighted by Crippen LogP contribution is -2.27. The van der Waals surface area contributed by atoms with Crippen LogP contribution in [0, 0.1) is 4.64 Å². The molecule has 3 unspecified atom stereocenters. The molecule has 1 saturated heterocycles. The van der Waals surface area contributed by atoms with E-state index in [1.165, 1.54) is 10.8 Å². The van der Waals surface area contributed by atoms with Gasteiger partial charge in [-0.3, -0.25) is 18.6 Å². The molecule has 1 aromatic heterocycles. The largest absolute Gasteiger partial charge is 0.530 e. The van der Waals surface area contributed by atoms with Crippen LogP contribution >= 0.6 is 43.2 Å². The summed E-state index contributed by atoms with van der Waals surface area (Å²) in [6.45, 7) is 0.0560. The van der Waals surface area contributed by atoms with E-state index >= 15 is 0 Å². The number of benzene rings is 1. The summed E-state index contributed by atoms with van der Waals surface area (Å²) in [4.78, 5) is 14.5. The quantitative estimate of drug-likeness (QED) is 0.520. The number of aromatic nitrogens is 2. The molecule has 3 heterocycles. The van der Waals surface area contributed by atoms with Gasteiger partial charge in [0.25, 0.3) is 0 Å². The molecule has 12 heteroatoms. The first-order chi connectivity index (χ1) is 13.3. The summed E-state index contributed by atoms with van der Waals surface area (Å²) in [5, 5.41) is 0.788. The smallest absolute Gasteiger partial charge is 0.404 e. The number of fused-ring (bicyclic) bond motifs is 1. The van der Waals surface area contributed by atoms with Crippen molar-refractivity contribution in [2.75, 3.05) is 6.61 Å². The van der Waals surface area contributed by atoms with Crippen molar-refractivity contribution in [3.05, 3.63) is 55.1 Å². The van der Waals surface area contributed by atoms with E-state index in [1.807, 2.05) is 0 Å². The highest BCUT2D eigenvalue weighted by molar-refractivity contribution is 7.71. The van der Waals surface area contributed by atoms with E-state index in [2.05, 4.69) is 4.98 Å². The fourth-order valence-corrected chi connectivity index (χ4v) is 4.70. The molecule has 4 rings (SSSR count). The number of hydrogen-bond donors (Lipinski definition) is 1. The average Bonchev–Trinajstić information content (AvgIpc) is 3.12. The summed E-state index contributed by atoms with van der Waals surface area (Å²) in [7, 11) is -3.76. The Morgan fingerprint density at radius 2 is 2.18 bits per heavy atom. The summed E-state index contributed by atoms with van der Waals surface area (Å²) < 4.78 is 36.1. The summed E-state index contributed by atoms with van der Waals surface area (Å²) in [6.07, 6.45) is 1.68. The van der Waals surface area contributed by atoms with E-state index in [0.29, 0.717) is 29.2 Å². The lowest BCUT2D eigenvalue weighted by molar-refractivity contribution is -0.0264. The van der Waals surface area contributed by atoms with Crippen LogP contribution in [0.4, 0.5) is 0 Å². The number of rotatable bonds is 4. The second kappa shape index (κ2) is 7.91. The first-order valence-corrected chi connectivity index (χ1v) is 11.0. The van der Waals surface area contributed by atoms with Crippen molar-refractivity contribution in [2.45, 2.75) is 31.8 Å². The van der Waals surface area contributed by atoms with Gasteiger partial charge < -0.3 is 9.26 Å². The van der Waals surface area contributed by atoms with Crippen molar-refractivity contribution in [3.63, 3.8) is 0 Å². The van der Waals surface area contributed by atoms with Gasteiger partial charge in [-0.1, -0.05) is 35.4 Å². The standard InChI is InChI=1S/C16H15Cl2N2O6PS/c17-10-1-3-13-9(5-10)7-23-27(22,26-13)24-8-11-2-4-14(25-11)20-6-12(18)15(28)19-16(20)21/h1,3,5-6,11,14H,2,4,7-8H2,(H,19,21,28). The maximum absolute atomic E-state index is 12.7. The Labute approximate surface area is 174 Å². The van der Waals surface area contributed by atoms with Crippen molar-refractivity contribution >= 4 is 43.2 Å². The maximum Gasteiger partial charge on any atom is 0.530 e. The molecule has 2 aromatic rings. The van der Waals surface area contributed by atoms with Crippen molar-refractivity contribution < 1.29 is 22.9 Å². The van der Waals surface area contributed by atoms with Gasteiger partial charge in [0.1, 0.15) is 16.6 Å². The van der Waals surface area contributed by atoms with Crippen LogP contribution in [0.3, 0.4) is 0 Å². The van der Waals surface area contributed by atoms with Crippen LogP contribution < -0.4 is 10.2 Å². The summed E-state index contributed by atoms with van der Waals surface area (Å²) in [6, 6.07) is 4.93. The van der Waals surface area contributed by atoms with Crippen LogP contribution in [-0.4, -0.2) is 22.3 Å². The lowest BCUT2D eigenvalue weighted by atomic mass is 10.2. The van der Waals surface area contributed by atoms with Gasteiger partial charge in [0, 0.05) is 16.8 Å². The number of phosphoric ester groups is 1. The predicted molar refractivity (Wildman–Crippen MR) is 104 cm³/mol. The zero-order valence-corrected chi connectivity index (χ0v) is 17.5. The van der Waals surface area contributed by atoms with Crippen molar-refractivity contribution in [1.82, 2.24) is 9.55 Å².